The molecule has 0 atom stereocenters. The number of carbonyl (C=O) groups excluding carboxylic acids is 1. The Morgan fingerprint density at radius 1 is 0.860 bits per heavy atom. The number of aromatic nitrogens is 3. The van der Waals surface area contributed by atoms with Crippen LogP contribution in [0.25, 0.3) is 23.0 Å². The summed E-state index contributed by atoms with van der Waals surface area (Å²) in [6, 6.07) is 14.6. The number of benzene rings is 2. The van der Waals surface area contributed by atoms with Crippen molar-refractivity contribution in [3.63, 3.8) is 0 Å². The van der Waals surface area contributed by atoms with Gasteiger partial charge in [-0.2, -0.15) is 18.2 Å². The third-order valence-electron chi connectivity index (χ3n) is 6.39. The minimum atomic E-state index is -4.80. The van der Waals surface area contributed by atoms with Crippen molar-refractivity contribution in [2.45, 2.75) is 19.1 Å². The van der Waals surface area contributed by atoms with Crippen LogP contribution in [0.5, 0.6) is 11.5 Å². The van der Waals surface area contributed by atoms with E-state index in [2.05, 4.69) is 24.8 Å². The Labute approximate surface area is 240 Å². The number of hydrogen-bond donors (Lipinski definition) is 0. The number of amides is 1. The van der Waals surface area contributed by atoms with Crippen LogP contribution in [0.4, 0.5) is 26.3 Å². The van der Waals surface area contributed by atoms with Crippen molar-refractivity contribution in [3.05, 3.63) is 78.0 Å². The smallest absolute Gasteiger partial charge is 0.484 e. The van der Waals surface area contributed by atoms with Gasteiger partial charge in [-0.05, 0) is 54.1 Å². The van der Waals surface area contributed by atoms with E-state index in [1.165, 1.54) is 30.5 Å². The van der Waals surface area contributed by atoms with Gasteiger partial charge in [0.1, 0.15) is 17.2 Å². The molecule has 226 valence electrons. The lowest BCUT2D eigenvalue weighted by Crippen LogP contribution is -2.48. The van der Waals surface area contributed by atoms with E-state index < -0.39 is 19.1 Å². The summed E-state index contributed by atoms with van der Waals surface area (Å²) in [5.41, 5.74) is 2.00. The van der Waals surface area contributed by atoms with Crippen LogP contribution >= 0.6 is 0 Å². The van der Waals surface area contributed by atoms with E-state index in [1.807, 2.05) is 0 Å². The summed E-state index contributed by atoms with van der Waals surface area (Å²) in [5, 5.41) is 3.84. The standard InChI is InChI=1S/C28H23F6N5O4/c29-27(30,31)17-41-21-6-1-18(2-7-21)16-38-11-13-39(14-12-38)26(40)20-5-10-23(35-15-20)25-36-24(37-43-25)19-3-8-22(9-4-19)42-28(32,33)34/h1-10,15H,11-14,16-17H2. The van der Waals surface area contributed by atoms with Crippen molar-refractivity contribution in [1.82, 2.24) is 24.9 Å². The average Bonchev–Trinajstić information content (AvgIpc) is 3.47. The van der Waals surface area contributed by atoms with Gasteiger partial charge in [-0.1, -0.05) is 17.3 Å². The summed E-state index contributed by atoms with van der Waals surface area (Å²) < 4.78 is 87.8. The van der Waals surface area contributed by atoms with Crippen LogP contribution in [-0.2, 0) is 6.54 Å². The van der Waals surface area contributed by atoms with Crippen molar-refractivity contribution in [2.24, 2.45) is 0 Å². The molecule has 2 aromatic heterocycles. The lowest BCUT2D eigenvalue weighted by atomic mass is 10.1. The molecule has 0 radical (unpaired) electrons. The number of rotatable bonds is 8. The Hall–Kier alpha value is -4.66. The molecular weight excluding hydrogens is 584 g/mol. The largest absolute Gasteiger partial charge is 0.573 e. The molecule has 0 spiro atoms. The monoisotopic (exact) mass is 607 g/mol. The number of alkyl halides is 6. The van der Waals surface area contributed by atoms with Gasteiger partial charge in [-0.3, -0.25) is 14.7 Å². The van der Waals surface area contributed by atoms with Gasteiger partial charge in [0.25, 0.3) is 11.8 Å². The highest BCUT2D eigenvalue weighted by atomic mass is 19.4. The van der Waals surface area contributed by atoms with Crippen molar-refractivity contribution in [1.29, 1.82) is 0 Å². The fourth-order valence-electron chi connectivity index (χ4n) is 4.30. The maximum absolute atomic E-state index is 13.0. The van der Waals surface area contributed by atoms with Gasteiger partial charge < -0.3 is 18.9 Å². The zero-order valence-corrected chi connectivity index (χ0v) is 22.2. The van der Waals surface area contributed by atoms with E-state index in [4.69, 9.17) is 9.26 Å². The fraction of sp³-hybridized carbons (Fsp3) is 0.286. The zero-order valence-electron chi connectivity index (χ0n) is 22.2. The molecule has 3 heterocycles. The Morgan fingerprint density at radius 3 is 2.14 bits per heavy atom. The quantitative estimate of drug-likeness (QED) is 0.239. The Kier molecular flexibility index (Phi) is 8.52. The molecule has 1 aliphatic heterocycles. The first-order chi connectivity index (χ1) is 20.4. The molecule has 5 rings (SSSR count). The molecule has 4 aromatic rings. The van der Waals surface area contributed by atoms with Gasteiger partial charge in [0, 0.05) is 44.5 Å². The number of halogens is 6. The zero-order chi connectivity index (χ0) is 30.6. The lowest BCUT2D eigenvalue weighted by Gasteiger charge is -2.34. The van der Waals surface area contributed by atoms with Crippen LogP contribution in [0.2, 0.25) is 0 Å². The minimum Gasteiger partial charge on any atom is -0.484 e. The van der Waals surface area contributed by atoms with Crippen LogP contribution in [-0.4, -0.2) is 76.2 Å². The highest BCUT2D eigenvalue weighted by Gasteiger charge is 2.31. The van der Waals surface area contributed by atoms with E-state index in [1.54, 1.807) is 29.2 Å². The number of hydrogen-bond acceptors (Lipinski definition) is 8. The predicted molar refractivity (Wildman–Crippen MR) is 139 cm³/mol. The molecule has 0 N–H and O–H groups in total. The number of ether oxygens (including phenoxy) is 2. The SMILES string of the molecule is O=C(c1ccc(-c2nc(-c3ccc(OC(F)(F)F)cc3)no2)nc1)N1CCN(Cc2ccc(OCC(F)(F)F)cc2)CC1. The topological polar surface area (TPSA) is 93.8 Å². The first kappa shape index (κ1) is 29.8. The molecule has 43 heavy (non-hydrogen) atoms. The van der Waals surface area contributed by atoms with Crippen LogP contribution in [0, 0.1) is 0 Å². The first-order valence-corrected chi connectivity index (χ1v) is 12.9. The molecule has 1 fully saturated rings. The van der Waals surface area contributed by atoms with Crippen molar-refractivity contribution >= 4 is 5.91 Å². The van der Waals surface area contributed by atoms with Crippen molar-refractivity contribution in [2.75, 3.05) is 32.8 Å². The van der Waals surface area contributed by atoms with Crippen LogP contribution < -0.4 is 9.47 Å². The maximum Gasteiger partial charge on any atom is 0.573 e. The highest BCUT2D eigenvalue weighted by molar-refractivity contribution is 5.94. The van der Waals surface area contributed by atoms with Crippen LogP contribution in [0.3, 0.4) is 0 Å². The van der Waals surface area contributed by atoms with Gasteiger partial charge in [0.15, 0.2) is 6.61 Å². The molecule has 0 aliphatic carbocycles. The summed E-state index contributed by atoms with van der Waals surface area (Å²) in [6.45, 7) is 1.41. The van der Waals surface area contributed by atoms with Crippen LogP contribution in [0.1, 0.15) is 15.9 Å². The average molecular weight is 608 g/mol. The summed E-state index contributed by atoms with van der Waals surface area (Å²) in [5.74, 6) is -0.229. The molecule has 0 unspecified atom stereocenters. The number of piperazine rings is 1. The van der Waals surface area contributed by atoms with Gasteiger partial charge in [-0.15, -0.1) is 13.2 Å². The van der Waals surface area contributed by atoms with Gasteiger partial charge in [-0.25, -0.2) is 0 Å². The summed E-state index contributed by atoms with van der Waals surface area (Å²) in [4.78, 5) is 25.4. The summed E-state index contributed by atoms with van der Waals surface area (Å²) in [7, 11) is 0. The fourth-order valence-corrected chi connectivity index (χ4v) is 4.30. The van der Waals surface area contributed by atoms with Gasteiger partial charge in [0.2, 0.25) is 5.82 Å². The molecular formula is C28H23F6N5O4. The molecule has 2 aromatic carbocycles. The molecule has 0 saturated carbocycles. The molecule has 0 bridgehead atoms. The van der Waals surface area contributed by atoms with Crippen molar-refractivity contribution in [3.8, 4) is 34.5 Å². The molecule has 9 nitrogen and oxygen atoms in total. The highest BCUT2D eigenvalue weighted by Crippen LogP contribution is 2.27. The second-order valence-electron chi connectivity index (χ2n) is 9.54. The van der Waals surface area contributed by atoms with E-state index in [0.29, 0.717) is 49.5 Å². The number of pyridine rings is 1. The van der Waals surface area contributed by atoms with Crippen LogP contribution in [0.15, 0.2) is 71.4 Å². The van der Waals surface area contributed by atoms with E-state index in [9.17, 15) is 31.1 Å². The number of carbonyl (C=O) groups is 1. The minimum absolute atomic E-state index is 0.0678. The molecule has 1 aliphatic rings. The Balaban J connectivity index is 1.12. The Morgan fingerprint density at radius 2 is 1.53 bits per heavy atom. The first-order valence-electron chi connectivity index (χ1n) is 12.9. The lowest BCUT2D eigenvalue weighted by molar-refractivity contribution is -0.274. The van der Waals surface area contributed by atoms with E-state index in [0.717, 1.165) is 17.7 Å². The third-order valence-corrected chi connectivity index (χ3v) is 6.39. The van der Waals surface area contributed by atoms with E-state index in [-0.39, 0.29) is 29.1 Å². The van der Waals surface area contributed by atoms with Gasteiger partial charge in [0.05, 0.1) is 5.56 Å². The van der Waals surface area contributed by atoms with Crippen molar-refractivity contribution < 1.29 is 45.1 Å². The second kappa shape index (κ2) is 12.3. The third kappa shape index (κ3) is 8.22. The van der Waals surface area contributed by atoms with E-state index >= 15 is 0 Å². The molecule has 15 heteroatoms. The predicted octanol–water partition coefficient (Wildman–Crippen LogP) is 5.60. The molecule has 1 amide bonds. The Bertz CT molecular complexity index is 1520. The van der Waals surface area contributed by atoms with Gasteiger partial charge >= 0.3 is 12.5 Å². The molecule has 1 saturated heterocycles. The second-order valence-corrected chi connectivity index (χ2v) is 9.54. The normalized spacial score (nSPS) is 14.5. The summed E-state index contributed by atoms with van der Waals surface area (Å²) >= 11 is 0. The number of nitrogens with zero attached hydrogens (tertiary/aromatic N) is 5. The summed E-state index contributed by atoms with van der Waals surface area (Å²) in [6.07, 6.45) is -7.79. The maximum atomic E-state index is 13.0.